The molecule has 3 aromatic rings. The number of hydrogen-bond acceptors (Lipinski definition) is 6. The number of rotatable bonds is 4. The number of nitrogens with one attached hydrogen (secondary N) is 2. The van der Waals surface area contributed by atoms with Gasteiger partial charge in [0.25, 0.3) is 5.91 Å². The van der Waals surface area contributed by atoms with Crippen LogP contribution >= 0.6 is 0 Å². The van der Waals surface area contributed by atoms with E-state index in [0.29, 0.717) is 30.5 Å². The third-order valence-electron chi connectivity index (χ3n) is 3.99. The fourth-order valence-corrected chi connectivity index (χ4v) is 2.74. The van der Waals surface area contributed by atoms with Crippen molar-refractivity contribution in [2.24, 2.45) is 0 Å². The second-order valence-corrected chi connectivity index (χ2v) is 6.10. The van der Waals surface area contributed by atoms with Crippen molar-refractivity contribution in [2.45, 2.75) is 6.92 Å². The van der Waals surface area contributed by atoms with Crippen LogP contribution in [0.2, 0.25) is 0 Å². The molecule has 0 radical (unpaired) electrons. The van der Waals surface area contributed by atoms with Crippen LogP contribution in [0.1, 0.15) is 16.1 Å². The summed E-state index contributed by atoms with van der Waals surface area (Å²) in [6.45, 7) is 3.04. The molecule has 0 saturated heterocycles. The first-order chi connectivity index (χ1) is 13.2. The molecular weight excluding hydrogens is 344 g/mol. The van der Waals surface area contributed by atoms with Crippen molar-refractivity contribution >= 4 is 23.1 Å². The Labute approximate surface area is 156 Å². The number of amides is 1. The summed E-state index contributed by atoms with van der Waals surface area (Å²) in [5.41, 5.74) is 2.84. The van der Waals surface area contributed by atoms with Crippen molar-refractivity contribution in [3.05, 3.63) is 66.1 Å². The lowest BCUT2D eigenvalue weighted by Crippen LogP contribution is -2.15. The molecule has 0 unspecified atom stereocenters. The first-order valence-electron chi connectivity index (χ1n) is 8.54. The zero-order valence-corrected chi connectivity index (χ0v) is 14.7. The van der Waals surface area contributed by atoms with Crippen molar-refractivity contribution in [3.63, 3.8) is 0 Å². The highest BCUT2D eigenvalue weighted by molar-refractivity contribution is 6.03. The molecule has 0 saturated carbocycles. The molecule has 7 heteroatoms. The van der Waals surface area contributed by atoms with Gasteiger partial charge in [0.05, 0.1) is 0 Å². The summed E-state index contributed by atoms with van der Waals surface area (Å²) in [6, 6.07) is 14.7. The highest BCUT2D eigenvalue weighted by Gasteiger charge is 2.13. The van der Waals surface area contributed by atoms with Gasteiger partial charge >= 0.3 is 0 Å². The molecular formula is C20H18N4O3. The molecule has 0 fully saturated rings. The van der Waals surface area contributed by atoms with Gasteiger partial charge in [0, 0.05) is 23.5 Å². The van der Waals surface area contributed by atoms with E-state index in [1.54, 1.807) is 6.07 Å². The third kappa shape index (κ3) is 3.98. The maximum Gasteiger partial charge on any atom is 0.274 e. The monoisotopic (exact) mass is 362 g/mol. The lowest BCUT2D eigenvalue weighted by Gasteiger charge is -2.19. The maximum absolute atomic E-state index is 12.5. The summed E-state index contributed by atoms with van der Waals surface area (Å²) < 4.78 is 11.1. The number of fused-ring (bicyclic) bond motifs is 1. The lowest BCUT2D eigenvalue weighted by molar-refractivity contribution is 0.102. The summed E-state index contributed by atoms with van der Waals surface area (Å²) in [6.07, 6.45) is 1.35. The minimum Gasteiger partial charge on any atom is -0.486 e. The van der Waals surface area contributed by atoms with E-state index in [2.05, 4.69) is 20.6 Å². The molecule has 2 heterocycles. The van der Waals surface area contributed by atoms with Crippen molar-refractivity contribution in [1.82, 2.24) is 9.97 Å². The molecule has 0 aliphatic carbocycles. The Hall–Kier alpha value is -3.61. The predicted octanol–water partition coefficient (Wildman–Crippen LogP) is 3.55. The molecule has 136 valence electrons. The standard InChI is InChI=1S/C20H18N4O3/c1-13-3-2-4-14(9-13)24-20(25)16-11-19(22-12-21-16)23-15-5-6-17-18(10-15)27-8-7-26-17/h2-6,9-12H,7-8H2,1H3,(H,24,25)(H,21,22,23). The van der Waals surface area contributed by atoms with Gasteiger partial charge in [-0.15, -0.1) is 0 Å². The van der Waals surface area contributed by atoms with Crippen molar-refractivity contribution in [3.8, 4) is 11.5 Å². The van der Waals surface area contributed by atoms with E-state index in [9.17, 15) is 4.79 Å². The number of nitrogens with zero attached hydrogens (tertiary/aromatic N) is 2. The van der Waals surface area contributed by atoms with Crippen molar-refractivity contribution in [2.75, 3.05) is 23.8 Å². The quantitative estimate of drug-likeness (QED) is 0.738. The van der Waals surface area contributed by atoms with Gasteiger partial charge in [-0.05, 0) is 36.8 Å². The van der Waals surface area contributed by atoms with Crippen LogP contribution in [0.4, 0.5) is 17.2 Å². The van der Waals surface area contributed by atoms with Gasteiger partial charge in [-0.1, -0.05) is 12.1 Å². The Morgan fingerprint density at radius 1 is 0.963 bits per heavy atom. The summed E-state index contributed by atoms with van der Waals surface area (Å²) in [5.74, 6) is 1.61. The van der Waals surface area contributed by atoms with Crippen LogP contribution in [0.3, 0.4) is 0 Å². The molecule has 0 spiro atoms. The zero-order chi connectivity index (χ0) is 18.6. The minimum absolute atomic E-state index is 0.270. The Bertz CT molecular complexity index is 990. The first kappa shape index (κ1) is 16.8. The van der Waals surface area contributed by atoms with Gasteiger partial charge in [-0.25, -0.2) is 9.97 Å². The van der Waals surface area contributed by atoms with Gasteiger partial charge in [0.15, 0.2) is 11.5 Å². The topological polar surface area (TPSA) is 85.4 Å². The predicted molar refractivity (Wildman–Crippen MR) is 102 cm³/mol. The Morgan fingerprint density at radius 3 is 2.67 bits per heavy atom. The van der Waals surface area contributed by atoms with Gasteiger partial charge in [0.1, 0.15) is 31.1 Å². The number of ether oxygens (including phenoxy) is 2. The Kier molecular flexibility index (Phi) is 4.57. The van der Waals surface area contributed by atoms with E-state index in [4.69, 9.17) is 9.47 Å². The highest BCUT2D eigenvalue weighted by atomic mass is 16.6. The van der Waals surface area contributed by atoms with Gasteiger partial charge in [-0.3, -0.25) is 4.79 Å². The summed E-state index contributed by atoms with van der Waals surface area (Å²) >= 11 is 0. The summed E-state index contributed by atoms with van der Waals surface area (Å²) in [4.78, 5) is 20.7. The Morgan fingerprint density at radius 2 is 1.81 bits per heavy atom. The number of carbonyl (C=O) groups excluding carboxylic acids is 1. The normalized spacial score (nSPS) is 12.3. The van der Waals surface area contributed by atoms with E-state index in [0.717, 1.165) is 16.9 Å². The number of aryl methyl sites for hydroxylation is 1. The van der Waals surface area contributed by atoms with E-state index < -0.39 is 0 Å². The fourth-order valence-electron chi connectivity index (χ4n) is 2.74. The molecule has 1 amide bonds. The van der Waals surface area contributed by atoms with E-state index >= 15 is 0 Å². The van der Waals surface area contributed by atoms with E-state index in [1.807, 2.05) is 49.4 Å². The highest BCUT2D eigenvalue weighted by Crippen LogP contribution is 2.33. The number of carbonyl (C=O) groups is 1. The zero-order valence-electron chi connectivity index (χ0n) is 14.7. The molecule has 1 aromatic heterocycles. The van der Waals surface area contributed by atoms with Gasteiger partial charge < -0.3 is 20.1 Å². The largest absolute Gasteiger partial charge is 0.486 e. The average molecular weight is 362 g/mol. The minimum atomic E-state index is -0.298. The van der Waals surface area contributed by atoms with Crippen LogP contribution in [-0.2, 0) is 0 Å². The van der Waals surface area contributed by atoms with Crippen molar-refractivity contribution in [1.29, 1.82) is 0 Å². The number of benzene rings is 2. The number of hydrogen-bond donors (Lipinski definition) is 2. The molecule has 1 aliphatic rings. The second-order valence-electron chi connectivity index (χ2n) is 6.10. The molecule has 0 bridgehead atoms. The molecule has 0 atom stereocenters. The Balaban J connectivity index is 1.49. The lowest BCUT2D eigenvalue weighted by atomic mass is 10.2. The van der Waals surface area contributed by atoms with Crippen LogP contribution in [0.15, 0.2) is 54.9 Å². The van der Waals surface area contributed by atoms with Gasteiger partial charge in [-0.2, -0.15) is 0 Å². The second kappa shape index (κ2) is 7.33. The van der Waals surface area contributed by atoms with Crippen LogP contribution in [0.25, 0.3) is 0 Å². The summed E-state index contributed by atoms with van der Waals surface area (Å²) in [7, 11) is 0. The molecule has 2 N–H and O–H groups in total. The molecule has 2 aromatic carbocycles. The van der Waals surface area contributed by atoms with Crippen LogP contribution in [0.5, 0.6) is 11.5 Å². The number of anilines is 3. The SMILES string of the molecule is Cc1cccc(NC(=O)c2cc(Nc3ccc4c(c3)OCCO4)ncn2)c1. The van der Waals surface area contributed by atoms with Gasteiger partial charge in [0.2, 0.25) is 0 Å². The smallest absolute Gasteiger partial charge is 0.274 e. The molecule has 4 rings (SSSR count). The molecule has 27 heavy (non-hydrogen) atoms. The summed E-state index contributed by atoms with van der Waals surface area (Å²) in [5, 5.41) is 5.99. The first-order valence-corrected chi connectivity index (χ1v) is 8.54. The van der Waals surface area contributed by atoms with Crippen LogP contribution < -0.4 is 20.1 Å². The van der Waals surface area contributed by atoms with Crippen LogP contribution in [-0.4, -0.2) is 29.1 Å². The average Bonchev–Trinajstić information content (AvgIpc) is 2.68. The number of aromatic nitrogens is 2. The fraction of sp³-hybridized carbons (Fsp3) is 0.150. The van der Waals surface area contributed by atoms with Crippen molar-refractivity contribution < 1.29 is 14.3 Å². The molecule has 7 nitrogen and oxygen atoms in total. The van der Waals surface area contributed by atoms with E-state index in [1.165, 1.54) is 6.33 Å². The molecule has 1 aliphatic heterocycles. The van der Waals surface area contributed by atoms with E-state index in [-0.39, 0.29) is 11.6 Å². The van der Waals surface area contributed by atoms with Crippen LogP contribution in [0, 0.1) is 6.92 Å². The third-order valence-corrected chi connectivity index (χ3v) is 3.99. The maximum atomic E-state index is 12.5.